The minimum Gasteiger partial charge on any atom is -0.481 e. The van der Waals surface area contributed by atoms with E-state index in [1.165, 1.54) is 0 Å². The number of amides is 2. The van der Waals surface area contributed by atoms with E-state index in [9.17, 15) is 23.1 Å². The summed E-state index contributed by atoms with van der Waals surface area (Å²) in [5.74, 6) is -2.06. The van der Waals surface area contributed by atoms with Gasteiger partial charge in [0.15, 0.2) is 0 Å². The molecule has 2 amide bonds. The topological polar surface area (TPSA) is 113 Å². The molecular weight excluding hydrogens is 296 g/mol. The third kappa shape index (κ3) is 6.75. The summed E-state index contributed by atoms with van der Waals surface area (Å²) in [4.78, 5) is 22.7. The van der Waals surface area contributed by atoms with E-state index in [0.29, 0.717) is 5.56 Å². The number of nitrogens with one attached hydrogen (secondary N) is 2. The Hall–Kier alpha value is -2.09. The number of carbonyl (C=O) groups excluding carboxylic acids is 1. The molecule has 1 aromatic rings. The summed E-state index contributed by atoms with van der Waals surface area (Å²) in [7, 11) is -3.14. The van der Waals surface area contributed by atoms with Gasteiger partial charge in [0.05, 0.1) is 11.7 Å². The van der Waals surface area contributed by atoms with Crippen molar-refractivity contribution < 1.29 is 23.1 Å². The van der Waals surface area contributed by atoms with Gasteiger partial charge in [0.25, 0.3) is 0 Å². The van der Waals surface area contributed by atoms with Crippen LogP contribution in [-0.4, -0.2) is 50.6 Å². The molecule has 0 aliphatic carbocycles. The predicted octanol–water partition coefficient (Wildman–Crippen LogP) is 0.199. The second-order valence-electron chi connectivity index (χ2n) is 4.57. The Morgan fingerprint density at radius 2 is 1.81 bits per heavy atom. The second-order valence-corrected chi connectivity index (χ2v) is 6.83. The molecule has 0 fully saturated rings. The van der Waals surface area contributed by atoms with Crippen LogP contribution in [0.1, 0.15) is 11.5 Å². The Labute approximate surface area is 123 Å². The van der Waals surface area contributed by atoms with Crippen molar-refractivity contribution in [3.05, 3.63) is 35.9 Å². The van der Waals surface area contributed by atoms with Crippen molar-refractivity contribution in [3.63, 3.8) is 0 Å². The fraction of sp³-hybridized carbons (Fsp3) is 0.385. The first-order valence-electron chi connectivity index (χ1n) is 6.27. The molecule has 0 saturated carbocycles. The van der Waals surface area contributed by atoms with Crippen LogP contribution >= 0.6 is 0 Å². The lowest BCUT2D eigenvalue weighted by Gasteiger charge is -2.14. The molecule has 0 aliphatic heterocycles. The van der Waals surface area contributed by atoms with E-state index in [4.69, 9.17) is 0 Å². The quantitative estimate of drug-likeness (QED) is 0.665. The maximum atomic E-state index is 11.5. The summed E-state index contributed by atoms with van der Waals surface area (Å²) in [5.41, 5.74) is 0.585. The highest BCUT2D eigenvalue weighted by Crippen LogP contribution is 2.14. The summed E-state index contributed by atoms with van der Waals surface area (Å²) < 4.78 is 21.8. The molecule has 8 heteroatoms. The SMILES string of the molecule is CS(=O)(=O)CCNC(=O)NCC(C(=O)O)c1ccccc1. The van der Waals surface area contributed by atoms with Crippen molar-refractivity contribution in [1.29, 1.82) is 0 Å². The van der Waals surface area contributed by atoms with Crippen LogP contribution in [0, 0.1) is 0 Å². The first kappa shape index (κ1) is 17.0. The van der Waals surface area contributed by atoms with Gasteiger partial charge in [-0.2, -0.15) is 0 Å². The molecule has 0 bridgehead atoms. The second kappa shape index (κ2) is 7.63. The number of benzene rings is 1. The minimum absolute atomic E-state index is 0.0201. The Balaban J connectivity index is 2.47. The van der Waals surface area contributed by atoms with Crippen molar-refractivity contribution in [1.82, 2.24) is 10.6 Å². The zero-order valence-electron chi connectivity index (χ0n) is 11.6. The Bertz CT molecular complexity index is 586. The van der Waals surface area contributed by atoms with Crippen molar-refractivity contribution in [2.75, 3.05) is 25.1 Å². The molecule has 1 unspecified atom stereocenters. The summed E-state index contributed by atoms with van der Waals surface area (Å²) >= 11 is 0. The van der Waals surface area contributed by atoms with Gasteiger partial charge >= 0.3 is 12.0 Å². The predicted molar refractivity (Wildman–Crippen MR) is 77.9 cm³/mol. The molecule has 0 spiro atoms. The Morgan fingerprint density at radius 3 is 2.33 bits per heavy atom. The first-order chi connectivity index (χ1) is 9.79. The van der Waals surface area contributed by atoms with Gasteiger partial charge in [-0.05, 0) is 5.56 Å². The first-order valence-corrected chi connectivity index (χ1v) is 8.33. The summed E-state index contributed by atoms with van der Waals surface area (Å²) in [6.07, 6.45) is 1.07. The van der Waals surface area contributed by atoms with Gasteiger partial charge < -0.3 is 15.7 Å². The van der Waals surface area contributed by atoms with E-state index in [1.807, 2.05) is 0 Å². The van der Waals surface area contributed by atoms with Crippen molar-refractivity contribution in [2.24, 2.45) is 0 Å². The molecule has 116 valence electrons. The number of urea groups is 1. The highest BCUT2D eigenvalue weighted by molar-refractivity contribution is 7.90. The molecule has 0 aromatic heterocycles. The van der Waals surface area contributed by atoms with Crippen LogP contribution in [0.5, 0.6) is 0 Å². The number of hydrogen-bond acceptors (Lipinski definition) is 4. The van der Waals surface area contributed by atoms with E-state index in [2.05, 4.69) is 10.6 Å². The largest absolute Gasteiger partial charge is 0.481 e. The number of carboxylic acid groups (broad SMARTS) is 1. The smallest absolute Gasteiger partial charge is 0.314 e. The lowest BCUT2D eigenvalue weighted by molar-refractivity contribution is -0.138. The van der Waals surface area contributed by atoms with Gasteiger partial charge in [-0.1, -0.05) is 30.3 Å². The van der Waals surface area contributed by atoms with Crippen molar-refractivity contribution in [2.45, 2.75) is 5.92 Å². The number of sulfone groups is 1. The third-order valence-electron chi connectivity index (χ3n) is 2.73. The molecule has 0 heterocycles. The van der Waals surface area contributed by atoms with Crippen LogP contribution in [0.3, 0.4) is 0 Å². The molecule has 1 atom stereocenters. The lowest BCUT2D eigenvalue weighted by atomic mass is 9.99. The number of aliphatic carboxylic acids is 1. The highest BCUT2D eigenvalue weighted by atomic mass is 32.2. The van der Waals surface area contributed by atoms with Gasteiger partial charge in [-0.25, -0.2) is 13.2 Å². The third-order valence-corrected chi connectivity index (χ3v) is 3.67. The van der Waals surface area contributed by atoms with Crippen LogP contribution in [0.2, 0.25) is 0 Å². The zero-order valence-corrected chi connectivity index (χ0v) is 12.4. The highest BCUT2D eigenvalue weighted by Gasteiger charge is 2.20. The van der Waals surface area contributed by atoms with Gasteiger partial charge in [0, 0.05) is 19.3 Å². The van der Waals surface area contributed by atoms with Crippen LogP contribution in [0.15, 0.2) is 30.3 Å². The van der Waals surface area contributed by atoms with Crippen LogP contribution in [0.25, 0.3) is 0 Å². The van der Waals surface area contributed by atoms with Gasteiger partial charge in [-0.3, -0.25) is 4.79 Å². The maximum Gasteiger partial charge on any atom is 0.314 e. The number of carbonyl (C=O) groups is 2. The van der Waals surface area contributed by atoms with Crippen molar-refractivity contribution in [3.8, 4) is 0 Å². The Morgan fingerprint density at radius 1 is 1.19 bits per heavy atom. The minimum atomic E-state index is -3.14. The average molecular weight is 314 g/mol. The lowest BCUT2D eigenvalue weighted by Crippen LogP contribution is -2.40. The number of carboxylic acids is 1. The fourth-order valence-corrected chi connectivity index (χ4v) is 2.11. The number of hydrogen-bond donors (Lipinski definition) is 3. The molecular formula is C13H18N2O5S. The van der Waals surface area contributed by atoms with E-state index in [1.54, 1.807) is 30.3 Å². The zero-order chi connectivity index (χ0) is 15.9. The van der Waals surface area contributed by atoms with Crippen molar-refractivity contribution >= 4 is 21.8 Å². The molecule has 0 saturated heterocycles. The van der Waals surface area contributed by atoms with E-state index in [0.717, 1.165) is 6.26 Å². The molecule has 0 aliphatic rings. The molecule has 1 rings (SSSR count). The fourth-order valence-electron chi connectivity index (χ4n) is 1.64. The summed E-state index contributed by atoms with van der Waals surface area (Å²) in [6.45, 7) is -0.0994. The van der Waals surface area contributed by atoms with Gasteiger partial charge in [-0.15, -0.1) is 0 Å². The van der Waals surface area contributed by atoms with Crippen LogP contribution in [-0.2, 0) is 14.6 Å². The van der Waals surface area contributed by atoms with Gasteiger partial charge in [0.2, 0.25) is 0 Å². The number of rotatable bonds is 7. The molecule has 1 aromatic carbocycles. The molecule has 21 heavy (non-hydrogen) atoms. The summed E-state index contributed by atoms with van der Waals surface area (Å²) in [6, 6.07) is 7.95. The average Bonchev–Trinajstić information content (AvgIpc) is 2.38. The molecule has 0 radical (unpaired) electrons. The molecule has 3 N–H and O–H groups in total. The Kier molecular flexibility index (Phi) is 6.16. The summed E-state index contributed by atoms with van der Waals surface area (Å²) in [5, 5.41) is 14.0. The van der Waals surface area contributed by atoms with Gasteiger partial charge in [0.1, 0.15) is 9.84 Å². The van der Waals surface area contributed by atoms with E-state index < -0.39 is 27.8 Å². The molecule has 7 nitrogen and oxygen atoms in total. The van der Waals surface area contributed by atoms with E-state index in [-0.39, 0.29) is 18.8 Å². The van der Waals surface area contributed by atoms with E-state index >= 15 is 0 Å². The van der Waals surface area contributed by atoms with Crippen LogP contribution < -0.4 is 10.6 Å². The van der Waals surface area contributed by atoms with Crippen LogP contribution in [0.4, 0.5) is 4.79 Å². The normalized spacial score (nSPS) is 12.4. The standard InChI is InChI=1S/C13H18N2O5S/c1-21(19,20)8-7-14-13(18)15-9-11(12(16)17)10-5-3-2-4-6-10/h2-6,11H,7-9H2,1H3,(H,16,17)(H2,14,15,18). The maximum absolute atomic E-state index is 11.5. The monoisotopic (exact) mass is 314 g/mol.